The number of carbonyl (C=O) groups excluding carboxylic acids is 2. The lowest BCUT2D eigenvalue weighted by Gasteiger charge is -2.15. The van der Waals surface area contributed by atoms with Crippen molar-refractivity contribution < 1.29 is 31.6 Å². The number of halogens is 3. The fourth-order valence-corrected chi connectivity index (χ4v) is 2.44. The predicted octanol–water partition coefficient (Wildman–Crippen LogP) is 5.10. The normalized spacial score (nSPS) is 11.6. The van der Waals surface area contributed by atoms with Crippen molar-refractivity contribution in [2.24, 2.45) is 0 Å². The van der Waals surface area contributed by atoms with Gasteiger partial charge in [-0.2, -0.15) is 13.2 Å². The molecule has 2 amide bonds. The van der Waals surface area contributed by atoms with Gasteiger partial charge in [0.15, 0.2) is 0 Å². The number of anilines is 2. The number of benzene rings is 1. The maximum absolute atomic E-state index is 13.4. The molecule has 0 fully saturated rings. The zero-order valence-corrected chi connectivity index (χ0v) is 15.0. The molecule has 9 heteroatoms. The van der Waals surface area contributed by atoms with Crippen LogP contribution in [0.4, 0.5) is 24.5 Å². The molecular weight excluding hydrogens is 389 g/mol. The minimum atomic E-state index is -4.75. The second kappa shape index (κ2) is 8.09. The maximum atomic E-state index is 13.4. The number of rotatable bonds is 5. The second-order valence-corrected chi connectivity index (χ2v) is 6.00. The lowest BCUT2D eigenvalue weighted by atomic mass is 10.1. The molecule has 3 rings (SSSR count). The van der Waals surface area contributed by atoms with Crippen molar-refractivity contribution in [1.82, 2.24) is 0 Å². The molecule has 0 saturated carbocycles. The van der Waals surface area contributed by atoms with Gasteiger partial charge in [-0.1, -0.05) is 0 Å². The van der Waals surface area contributed by atoms with Crippen molar-refractivity contribution in [3.05, 3.63) is 77.6 Å². The monoisotopic (exact) mass is 404 g/mol. The van der Waals surface area contributed by atoms with E-state index in [-0.39, 0.29) is 11.3 Å². The molecule has 0 saturated heterocycles. The van der Waals surface area contributed by atoms with E-state index in [1.165, 1.54) is 30.7 Å². The van der Waals surface area contributed by atoms with Gasteiger partial charge >= 0.3 is 6.18 Å². The molecule has 2 heterocycles. The fourth-order valence-electron chi connectivity index (χ4n) is 2.44. The molecule has 3 aromatic rings. The summed E-state index contributed by atoms with van der Waals surface area (Å²) in [6, 6.07) is 7.75. The van der Waals surface area contributed by atoms with Crippen LogP contribution in [0.3, 0.4) is 0 Å². The molecule has 2 aromatic heterocycles. The Balaban J connectivity index is 1.78. The summed E-state index contributed by atoms with van der Waals surface area (Å²) >= 11 is 0. The van der Waals surface area contributed by atoms with Crippen LogP contribution in [0.15, 0.2) is 63.8 Å². The van der Waals surface area contributed by atoms with E-state index in [0.717, 1.165) is 18.2 Å². The number of nitrogens with one attached hydrogen (secondary N) is 2. The van der Waals surface area contributed by atoms with Crippen molar-refractivity contribution in [3.63, 3.8) is 0 Å². The molecule has 6 nitrogen and oxygen atoms in total. The van der Waals surface area contributed by atoms with E-state index >= 15 is 0 Å². The highest BCUT2D eigenvalue weighted by molar-refractivity contribution is 6.05. The van der Waals surface area contributed by atoms with Crippen LogP contribution < -0.4 is 10.6 Å². The van der Waals surface area contributed by atoms with E-state index < -0.39 is 29.2 Å². The summed E-state index contributed by atoms with van der Waals surface area (Å²) in [5.74, 6) is -0.358. The van der Waals surface area contributed by atoms with Crippen molar-refractivity contribution in [2.45, 2.75) is 13.1 Å². The van der Waals surface area contributed by atoms with E-state index in [1.54, 1.807) is 19.1 Å². The van der Waals surface area contributed by atoms with Crippen LogP contribution in [0.25, 0.3) is 6.08 Å². The standard InChI is InChI=1S/C20H15F3N2O4/c1-12-2-4-15(29-12)5-7-18(26)25-17-6-3-14(10-16(17)20(21,22)23)24-19(27)13-8-9-28-11-13/h2-11H,1H3,(H,24,27)(H,25,26)/b7-5+. The van der Waals surface area contributed by atoms with Crippen molar-refractivity contribution in [3.8, 4) is 0 Å². The first-order chi connectivity index (χ1) is 13.7. The molecule has 0 atom stereocenters. The summed E-state index contributed by atoms with van der Waals surface area (Å²) in [7, 11) is 0. The molecule has 2 N–H and O–H groups in total. The highest BCUT2D eigenvalue weighted by atomic mass is 19.4. The third kappa shape index (κ3) is 5.16. The quantitative estimate of drug-likeness (QED) is 0.579. The summed E-state index contributed by atoms with van der Waals surface area (Å²) in [6.07, 6.45) is 0.0939. The Morgan fingerprint density at radius 2 is 1.86 bits per heavy atom. The zero-order chi connectivity index (χ0) is 21.0. The molecule has 0 spiro atoms. The minimum absolute atomic E-state index is 0.0804. The number of hydrogen-bond donors (Lipinski definition) is 2. The first-order valence-corrected chi connectivity index (χ1v) is 8.32. The van der Waals surface area contributed by atoms with Crippen molar-refractivity contribution in [2.75, 3.05) is 10.6 Å². The van der Waals surface area contributed by atoms with Gasteiger partial charge in [-0.15, -0.1) is 0 Å². The van der Waals surface area contributed by atoms with Crippen LogP contribution in [0.1, 0.15) is 27.4 Å². The average Bonchev–Trinajstić information content (AvgIpc) is 3.32. The number of amides is 2. The molecular formula is C20H15F3N2O4. The molecule has 0 radical (unpaired) electrons. The predicted molar refractivity (Wildman–Crippen MR) is 99.2 cm³/mol. The van der Waals surface area contributed by atoms with Crippen LogP contribution in [-0.4, -0.2) is 11.8 Å². The molecule has 29 heavy (non-hydrogen) atoms. The van der Waals surface area contributed by atoms with Gasteiger partial charge in [0.1, 0.15) is 17.8 Å². The third-order valence-electron chi connectivity index (χ3n) is 3.78. The van der Waals surface area contributed by atoms with Gasteiger partial charge in [-0.3, -0.25) is 9.59 Å². The van der Waals surface area contributed by atoms with E-state index in [2.05, 4.69) is 10.6 Å². The van der Waals surface area contributed by atoms with Gasteiger partial charge in [0, 0.05) is 11.8 Å². The van der Waals surface area contributed by atoms with Crippen LogP contribution in [0.5, 0.6) is 0 Å². The number of hydrogen-bond acceptors (Lipinski definition) is 4. The van der Waals surface area contributed by atoms with E-state index in [9.17, 15) is 22.8 Å². The Hall–Kier alpha value is -3.75. The van der Waals surface area contributed by atoms with Gasteiger partial charge in [0.05, 0.1) is 23.1 Å². The van der Waals surface area contributed by atoms with Gasteiger partial charge in [0.25, 0.3) is 5.91 Å². The highest BCUT2D eigenvalue weighted by Gasteiger charge is 2.34. The van der Waals surface area contributed by atoms with Gasteiger partial charge in [-0.25, -0.2) is 0 Å². The minimum Gasteiger partial charge on any atom is -0.472 e. The molecule has 0 aliphatic rings. The molecule has 0 bridgehead atoms. The smallest absolute Gasteiger partial charge is 0.418 e. The first kappa shape index (κ1) is 20.0. The maximum Gasteiger partial charge on any atom is 0.418 e. The van der Waals surface area contributed by atoms with E-state index in [4.69, 9.17) is 8.83 Å². The molecule has 150 valence electrons. The molecule has 1 aromatic carbocycles. The van der Waals surface area contributed by atoms with Crippen LogP contribution in [-0.2, 0) is 11.0 Å². The summed E-state index contributed by atoms with van der Waals surface area (Å²) in [4.78, 5) is 24.0. The Labute approximate surface area is 163 Å². The summed E-state index contributed by atoms with van der Waals surface area (Å²) in [6.45, 7) is 1.72. The van der Waals surface area contributed by atoms with Crippen molar-refractivity contribution in [1.29, 1.82) is 0 Å². The van der Waals surface area contributed by atoms with Crippen LogP contribution in [0.2, 0.25) is 0 Å². The lowest BCUT2D eigenvalue weighted by molar-refractivity contribution is -0.136. The molecule has 0 aliphatic heterocycles. The second-order valence-electron chi connectivity index (χ2n) is 6.00. The molecule has 0 unspecified atom stereocenters. The fraction of sp³-hybridized carbons (Fsp3) is 0.100. The number of carbonyl (C=O) groups is 2. The van der Waals surface area contributed by atoms with Gasteiger partial charge in [0.2, 0.25) is 5.91 Å². The largest absolute Gasteiger partial charge is 0.472 e. The topological polar surface area (TPSA) is 84.5 Å². The molecule has 0 aliphatic carbocycles. The summed E-state index contributed by atoms with van der Waals surface area (Å²) in [5.41, 5.74) is -1.46. The average molecular weight is 404 g/mol. The van der Waals surface area contributed by atoms with Gasteiger partial charge in [-0.05, 0) is 49.4 Å². The third-order valence-corrected chi connectivity index (χ3v) is 3.78. The lowest BCUT2D eigenvalue weighted by Crippen LogP contribution is -2.16. The summed E-state index contributed by atoms with van der Waals surface area (Å²) in [5, 5.41) is 4.54. The Morgan fingerprint density at radius 1 is 1.07 bits per heavy atom. The Bertz CT molecular complexity index is 1050. The van der Waals surface area contributed by atoms with Crippen molar-refractivity contribution >= 4 is 29.3 Å². The summed E-state index contributed by atoms with van der Waals surface area (Å²) < 4.78 is 50.3. The Morgan fingerprint density at radius 3 is 2.48 bits per heavy atom. The highest BCUT2D eigenvalue weighted by Crippen LogP contribution is 2.36. The van der Waals surface area contributed by atoms with E-state index in [0.29, 0.717) is 11.5 Å². The SMILES string of the molecule is Cc1ccc(/C=C/C(=O)Nc2ccc(NC(=O)c3ccoc3)cc2C(F)(F)F)o1. The van der Waals surface area contributed by atoms with Crippen LogP contribution in [0, 0.1) is 6.92 Å². The number of aryl methyl sites for hydroxylation is 1. The zero-order valence-electron chi connectivity index (χ0n) is 15.0. The Kier molecular flexibility index (Phi) is 5.58. The van der Waals surface area contributed by atoms with Crippen LogP contribution >= 0.6 is 0 Å². The first-order valence-electron chi connectivity index (χ1n) is 8.32. The van der Waals surface area contributed by atoms with E-state index in [1.807, 2.05) is 0 Å². The van der Waals surface area contributed by atoms with Gasteiger partial charge < -0.3 is 19.5 Å². The number of furan rings is 2. The number of alkyl halides is 3.